The van der Waals surface area contributed by atoms with Gasteiger partial charge < -0.3 is 15.5 Å². The Morgan fingerprint density at radius 1 is 0.933 bits per heavy atom. The van der Waals surface area contributed by atoms with E-state index in [9.17, 15) is 14.4 Å². The molecular formula is C24H39N3O3. The van der Waals surface area contributed by atoms with Gasteiger partial charge in [-0.3, -0.25) is 14.4 Å². The van der Waals surface area contributed by atoms with E-state index < -0.39 is 0 Å². The van der Waals surface area contributed by atoms with Crippen LogP contribution in [0.1, 0.15) is 71.3 Å². The van der Waals surface area contributed by atoms with Crippen molar-refractivity contribution in [3.05, 3.63) is 29.8 Å². The average molecular weight is 418 g/mol. The lowest BCUT2D eigenvalue weighted by Gasteiger charge is -2.24. The van der Waals surface area contributed by atoms with Crippen molar-refractivity contribution in [1.82, 2.24) is 10.2 Å². The number of nitrogens with zero attached hydrogens (tertiary/aromatic N) is 1. The second kappa shape index (κ2) is 14.6. The highest BCUT2D eigenvalue weighted by Gasteiger charge is 2.18. The van der Waals surface area contributed by atoms with Gasteiger partial charge in [0.1, 0.15) is 0 Å². The van der Waals surface area contributed by atoms with Gasteiger partial charge in [-0.2, -0.15) is 0 Å². The molecule has 0 radical (unpaired) electrons. The van der Waals surface area contributed by atoms with Crippen LogP contribution in [-0.4, -0.2) is 42.3 Å². The Balaban J connectivity index is 2.40. The van der Waals surface area contributed by atoms with Crippen LogP contribution in [0.4, 0.5) is 5.69 Å². The summed E-state index contributed by atoms with van der Waals surface area (Å²) in [5.74, 6) is -0.318. The minimum Gasteiger partial charge on any atom is -0.345 e. The lowest BCUT2D eigenvalue weighted by molar-refractivity contribution is -0.136. The van der Waals surface area contributed by atoms with Gasteiger partial charge in [0.2, 0.25) is 17.7 Å². The molecule has 2 N–H and O–H groups in total. The standard InChI is InChI=1S/C24H39N3O3/c1-5-6-7-8-9-10-11-24(30)27(17-19(2)3)18-23(29)25-16-22(28)26-21-14-12-20(4)13-15-21/h12-15,19H,5-11,16-18H2,1-4H3,(H,25,29)(H,26,28). The predicted molar refractivity (Wildman–Crippen MR) is 122 cm³/mol. The molecule has 0 fully saturated rings. The zero-order valence-electron chi connectivity index (χ0n) is 19.1. The van der Waals surface area contributed by atoms with E-state index in [1.165, 1.54) is 19.3 Å². The fourth-order valence-electron chi connectivity index (χ4n) is 3.16. The first-order chi connectivity index (χ1) is 14.3. The first-order valence-corrected chi connectivity index (χ1v) is 11.2. The number of aryl methyl sites for hydroxylation is 1. The van der Waals surface area contributed by atoms with Crippen LogP contribution in [0.25, 0.3) is 0 Å². The Morgan fingerprint density at radius 2 is 1.57 bits per heavy atom. The van der Waals surface area contributed by atoms with Gasteiger partial charge in [-0.1, -0.05) is 70.6 Å². The smallest absolute Gasteiger partial charge is 0.243 e. The molecule has 0 aromatic heterocycles. The molecular weight excluding hydrogens is 378 g/mol. The minimum absolute atomic E-state index is 0.00927. The number of carbonyl (C=O) groups excluding carboxylic acids is 3. The van der Waals surface area contributed by atoms with Crippen LogP contribution in [-0.2, 0) is 14.4 Å². The summed E-state index contributed by atoms with van der Waals surface area (Å²) < 4.78 is 0. The molecule has 0 saturated heterocycles. The summed E-state index contributed by atoms with van der Waals surface area (Å²) in [7, 11) is 0. The molecule has 0 aliphatic rings. The maximum Gasteiger partial charge on any atom is 0.243 e. The highest BCUT2D eigenvalue weighted by molar-refractivity contribution is 5.95. The third-order valence-corrected chi connectivity index (χ3v) is 4.80. The molecule has 0 atom stereocenters. The quantitative estimate of drug-likeness (QED) is 0.443. The van der Waals surface area contributed by atoms with Crippen molar-refractivity contribution in [1.29, 1.82) is 0 Å². The van der Waals surface area contributed by atoms with Crippen LogP contribution in [0.5, 0.6) is 0 Å². The Labute approximate surface area is 181 Å². The van der Waals surface area contributed by atoms with E-state index in [1.54, 1.807) is 4.90 Å². The average Bonchev–Trinajstić information content (AvgIpc) is 2.70. The molecule has 6 nitrogen and oxygen atoms in total. The van der Waals surface area contributed by atoms with Gasteiger partial charge >= 0.3 is 0 Å². The zero-order chi connectivity index (χ0) is 22.4. The number of carbonyl (C=O) groups is 3. The summed E-state index contributed by atoms with van der Waals surface area (Å²) in [6.07, 6.45) is 7.20. The van der Waals surface area contributed by atoms with Crippen LogP contribution < -0.4 is 10.6 Å². The third-order valence-electron chi connectivity index (χ3n) is 4.80. The van der Waals surface area contributed by atoms with Gasteiger partial charge in [-0.15, -0.1) is 0 Å². The van der Waals surface area contributed by atoms with E-state index in [2.05, 4.69) is 17.6 Å². The van der Waals surface area contributed by atoms with Crippen LogP contribution >= 0.6 is 0 Å². The van der Waals surface area contributed by atoms with E-state index in [-0.39, 0.29) is 36.7 Å². The molecule has 1 aromatic carbocycles. The summed E-state index contributed by atoms with van der Waals surface area (Å²) in [5.41, 5.74) is 1.80. The molecule has 0 aliphatic carbocycles. The molecule has 0 spiro atoms. The SMILES string of the molecule is CCCCCCCCC(=O)N(CC(=O)NCC(=O)Nc1ccc(C)cc1)CC(C)C. The number of anilines is 1. The van der Waals surface area contributed by atoms with Gasteiger partial charge in [-0.05, 0) is 31.4 Å². The molecule has 0 saturated carbocycles. The third kappa shape index (κ3) is 11.6. The van der Waals surface area contributed by atoms with Crippen molar-refractivity contribution >= 4 is 23.4 Å². The maximum atomic E-state index is 12.6. The summed E-state index contributed by atoms with van der Waals surface area (Å²) in [6.45, 7) is 8.62. The van der Waals surface area contributed by atoms with Crippen LogP contribution in [0, 0.1) is 12.8 Å². The Bertz CT molecular complexity index is 656. The number of rotatable bonds is 14. The lowest BCUT2D eigenvalue weighted by Crippen LogP contribution is -2.44. The van der Waals surface area contributed by atoms with Crippen molar-refractivity contribution < 1.29 is 14.4 Å². The normalized spacial score (nSPS) is 10.7. The van der Waals surface area contributed by atoms with Crippen molar-refractivity contribution in [2.24, 2.45) is 5.92 Å². The fraction of sp³-hybridized carbons (Fsp3) is 0.625. The molecule has 0 unspecified atom stereocenters. The maximum absolute atomic E-state index is 12.6. The van der Waals surface area contributed by atoms with Crippen molar-refractivity contribution in [2.75, 3.05) is 25.0 Å². The molecule has 3 amide bonds. The van der Waals surface area contributed by atoms with Crippen molar-refractivity contribution in [3.63, 3.8) is 0 Å². The van der Waals surface area contributed by atoms with E-state index in [0.717, 1.165) is 24.8 Å². The van der Waals surface area contributed by atoms with Gasteiger partial charge in [-0.25, -0.2) is 0 Å². The van der Waals surface area contributed by atoms with Crippen LogP contribution in [0.3, 0.4) is 0 Å². The highest BCUT2D eigenvalue weighted by Crippen LogP contribution is 2.10. The molecule has 1 rings (SSSR count). The molecule has 168 valence electrons. The minimum atomic E-state index is -0.314. The number of hydrogen-bond acceptors (Lipinski definition) is 3. The van der Waals surface area contributed by atoms with E-state index in [1.807, 2.05) is 45.0 Å². The molecule has 0 aliphatic heterocycles. The zero-order valence-corrected chi connectivity index (χ0v) is 19.1. The predicted octanol–water partition coefficient (Wildman–Crippen LogP) is 4.28. The second-order valence-electron chi connectivity index (χ2n) is 8.38. The second-order valence-corrected chi connectivity index (χ2v) is 8.38. The Hall–Kier alpha value is -2.37. The number of amides is 3. The first kappa shape index (κ1) is 25.7. The first-order valence-electron chi connectivity index (χ1n) is 11.2. The van der Waals surface area contributed by atoms with Gasteiger partial charge in [0.15, 0.2) is 0 Å². The fourth-order valence-corrected chi connectivity index (χ4v) is 3.16. The summed E-state index contributed by atoms with van der Waals surface area (Å²) in [4.78, 5) is 38.5. The van der Waals surface area contributed by atoms with Crippen molar-refractivity contribution in [2.45, 2.75) is 72.6 Å². The molecule has 1 aromatic rings. The van der Waals surface area contributed by atoms with E-state index >= 15 is 0 Å². The summed E-state index contributed by atoms with van der Waals surface area (Å²) in [6, 6.07) is 7.46. The largest absolute Gasteiger partial charge is 0.345 e. The molecule has 6 heteroatoms. The van der Waals surface area contributed by atoms with E-state index in [0.29, 0.717) is 18.7 Å². The Kier molecular flexibility index (Phi) is 12.5. The van der Waals surface area contributed by atoms with Crippen LogP contribution in [0.2, 0.25) is 0 Å². The highest BCUT2D eigenvalue weighted by atomic mass is 16.2. The van der Waals surface area contributed by atoms with E-state index in [4.69, 9.17) is 0 Å². The lowest BCUT2D eigenvalue weighted by atomic mass is 10.1. The van der Waals surface area contributed by atoms with Gasteiger partial charge in [0, 0.05) is 18.7 Å². The van der Waals surface area contributed by atoms with Crippen molar-refractivity contribution in [3.8, 4) is 0 Å². The number of unbranched alkanes of at least 4 members (excludes halogenated alkanes) is 5. The monoisotopic (exact) mass is 417 g/mol. The molecule has 30 heavy (non-hydrogen) atoms. The number of hydrogen-bond donors (Lipinski definition) is 2. The molecule has 0 bridgehead atoms. The summed E-state index contributed by atoms with van der Waals surface area (Å²) >= 11 is 0. The number of nitrogens with one attached hydrogen (secondary N) is 2. The van der Waals surface area contributed by atoms with Gasteiger partial charge in [0.25, 0.3) is 0 Å². The Morgan fingerprint density at radius 3 is 2.20 bits per heavy atom. The topological polar surface area (TPSA) is 78.5 Å². The van der Waals surface area contributed by atoms with Gasteiger partial charge in [0.05, 0.1) is 13.1 Å². The number of benzene rings is 1. The van der Waals surface area contributed by atoms with Crippen LogP contribution in [0.15, 0.2) is 24.3 Å². The summed E-state index contributed by atoms with van der Waals surface area (Å²) in [5, 5.41) is 5.37. The molecule has 0 heterocycles.